The van der Waals surface area contributed by atoms with Crippen molar-refractivity contribution in [1.29, 1.82) is 5.26 Å². The number of benzene rings is 2. The van der Waals surface area contributed by atoms with Crippen LogP contribution in [0.2, 0.25) is 10.0 Å². The second-order valence-corrected chi connectivity index (χ2v) is 15.2. The number of halogens is 3. The fraction of sp³-hybridized carbons (Fsp3) is 0.400. The lowest BCUT2D eigenvalue weighted by atomic mass is 9.98. The van der Waals surface area contributed by atoms with Gasteiger partial charge in [-0.2, -0.15) is 5.26 Å². The Hall–Kier alpha value is -4.06. The average Bonchev–Trinajstić information content (AvgIpc) is 3.81. The number of nitriles is 1. The van der Waals surface area contributed by atoms with E-state index in [1.807, 2.05) is 22.3 Å². The third-order valence-electron chi connectivity index (χ3n) is 9.24. The van der Waals surface area contributed by atoms with Crippen LogP contribution in [0, 0.1) is 17.1 Å². The third kappa shape index (κ3) is 7.22. The van der Waals surface area contributed by atoms with Crippen LogP contribution < -0.4 is 15.5 Å². The number of pyridine rings is 1. The van der Waals surface area contributed by atoms with Crippen LogP contribution in [0.3, 0.4) is 0 Å². The van der Waals surface area contributed by atoms with Crippen molar-refractivity contribution in [3.63, 3.8) is 0 Å². The van der Waals surface area contributed by atoms with Gasteiger partial charge in [-0.15, -0.1) is 16.4 Å². The van der Waals surface area contributed by atoms with Crippen LogP contribution in [0.4, 0.5) is 26.6 Å². The molecule has 2 N–H and O–H groups in total. The Kier molecular flexibility index (Phi) is 9.82. The molecule has 50 heavy (non-hydrogen) atoms. The van der Waals surface area contributed by atoms with E-state index in [0.717, 1.165) is 55.5 Å². The molecule has 0 saturated carbocycles. The molecule has 2 aliphatic heterocycles. The topological polar surface area (TPSA) is 120 Å². The van der Waals surface area contributed by atoms with E-state index in [1.54, 1.807) is 23.5 Å². The van der Waals surface area contributed by atoms with E-state index in [9.17, 15) is 9.65 Å². The van der Waals surface area contributed by atoms with Crippen LogP contribution in [0.1, 0.15) is 62.6 Å². The van der Waals surface area contributed by atoms with Crippen molar-refractivity contribution < 1.29 is 9.13 Å². The van der Waals surface area contributed by atoms with Gasteiger partial charge in [0.1, 0.15) is 23.6 Å². The fourth-order valence-corrected chi connectivity index (χ4v) is 7.81. The van der Waals surface area contributed by atoms with Crippen molar-refractivity contribution in [3.05, 3.63) is 80.9 Å². The highest BCUT2D eigenvalue weighted by Gasteiger charge is 2.30. The zero-order chi connectivity index (χ0) is 35.0. The molecule has 0 spiro atoms. The summed E-state index contributed by atoms with van der Waals surface area (Å²) in [6, 6.07) is 9.96. The second kappa shape index (κ2) is 14.3. The summed E-state index contributed by atoms with van der Waals surface area (Å²) < 4.78 is 21.5. The maximum atomic E-state index is 13.9. The molecule has 0 radical (unpaired) electrons. The van der Waals surface area contributed by atoms with Crippen molar-refractivity contribution in [2.45, 2.75) is 51.2 Å². The summed E-state index contributed by atoms with van der Waals surface area (Å²) in [4.78, 5) is 14.3. The number of ether oxygens (including phenoxy) is 1. The fourth-order valence-electron chi connectivity index (χ4n) is 6.46. The predicted molar refractivity (Wildman–Crippen MR) is 196 cm³/mol. The van der Waals surface area contributed by atoms with Crippen LogP contribution in [0.5, 0.6) is 0 Å². The summed E-state index contributed by atoms with van der Waals surface area (Å²) in [7, 11) is 0. The van der Waals surface area contributed by atoms with E-state index in [4.69, 9.17) is 32.9 Å². The van der Waals surface area contributed by atoms with Crippen LogP contribution in [0.25, 0.3) is 10.9 Å². The van der Waals surface area contributed by atoms with Crippen molar-refractivity contribution >= 4 is 67.6 Å². The molecule has 15 heteroatoms. The first-order valence-electron chi connectivity index (χ1n) is 16.5. The van der Waals surface area contributed by atoms with E-state index in [1.165, 1.54) is 18.3 Å². The predicted octanol–water partition coefficient (Wildman–Crippen LogP) is 7.82. The van der Waals surface area contributed by atoms with Gasteiger partial charge < -0.3 is 20.3 Å². The first-order valence-corrected chi connectivity index (χ1v) is 18.2. The summed E-state index contributed by atoms with van der Waals surface area (Å²) in [5.74, 6) is -0.538. The Labute approximate surface area is 304 Å². The molecule has 2 aliphatic rings. The van der Waals surface area contributed by atoms with E-state index in [0.29, 0.717) is 46.2 Å². The molecule has 260 valence electrons. The maximum Gasteiger partial charge on any atom is 0.185 e. The van der Waals surface area contributed by atoms with Gasteiger partial charge in [0.25, 0.3) is 0 Å². The lowest BCUT2D eigenvalue weighted by molar-refractivity contribution is 0.0866. The molecule has 3 aromatic heterocycles. The van der Waals surface area contributed by atoms with Crippen molar-refractivity contribution in [2.24, 2.45) is 0 Å². The molecule has 7 rings (SSSR count). The van der Waals surface area contributed by atoms with Gasteiger partial charge in [-0.25, -0.2) is 14.1 Å². The Morgan fingerprint density at radius 1 is 1.04 bits per heavy atom. The molecule has 1 atom stereocenters. The maximum absolute atomic E-state index is 13.9. The highest BCUT2D eigenvalue weighted by Crippen LogP contribution is 2.38. The van der Waals surface area contributed by atoms with Crippen LogP contribution in [-0.4, -0.2) is 74.8 Å². The molecule has 5 aromatic rings. The third-order valence-corrected chi connectivity index (χ3v) is 10.7. The number of thiazole rings is 1. The quantitative estimate of drug-likeness (QED) is 0.163. The molecule has 1 unspecified atom stereocenters. The zero-order valence-electron chi connectivity index (χ0n) is 28.0. The number of fused-ring (bicyclic) bond motifs is 1. The smallest absolute Gasteiger partial charge is 0.185 e. The summed E-state index contributed by atoms with van der Waals surface area (Å²) in [5.41, 5.74) is 4.08. The molecule has 2 aromatic carbocycles. The summed E-state index contributed by atoms with van der Waals surface area (Å²) >= 11 is 14.5. The van der Waals surface area contributed by atoms with Gasteiger partial charge in [-0.1, -0.05) is 28.4 Å². The molecule has 5 heterocycles. The Morgan fingerprint density at radius 3 is 2.52 bits per heavy atom. The first kappa shape index (κ1) is 34.4. The van der Waals surface area contributed by atoms with Gasteiger partial charge >= 0.3 is 0 Å². The SMILES string of the molecule is CC(C)(C)N1CCC(n2cc(C(Nc3cc(Cl)c4ncc(C#N)c(Nc5ccc(F)c(Cl)c5)c4c3)c3csc(N4CCOCC4)n3)nn2)CC1. The minimum absolute atomic E-state index is 0.0392. The number of hydrogen-bond acceptors (Lipinski definition) is 11. The first-order chi connectivity index (χ1) is 24.1. The zero-order valence-corrected chi connectivity index (χ0v) is 30.3. The Bertz CT molecular complexity index is 2040. The van der Waals surface area contributed by atoms with Gasteiger partial charge in [-0.3, -0.25) is 9.88 Å². The second-order valence-electron chi connectivity index (χ2n) is 13.5. The summed E-state index contributed by atoms with van der Waals surface area (Å²) in [6.45, 7) is 11.6. The van der Waals surface area contributed by atoms with Gasteiger partial charge in [0.05, 0.1) is 58.0 Å². The number of aromatic nitrogens is 5. The number of piperidine rings is 1. The van der Waals surface area contributed by atoms with Gasteiger partial charge in [0, 0.05) is 60.1 Å². The van der Waals surface area contributed by atoms with Crippen LogP contribution >= 0.6 is 34.5 Å². The van der Waals surface area contributed by atoms with Crippen molar-refractivity contribution in [2.75, 3.05) is 54.9 Å². The van der Waals surface area contributed by atoms with E-state index in [2.05, 4.69) is 62.6 Å². The van der Waals surface area contributed by atoms with Crippen molar-refractivity contribution in [1.82, 2.24) is 29.9 Å². The van der Waals surface area contributed by atoms with Gasteiger partial charge in [-0.05, 0) is 63.9 Å². The molecule has 0 amide bonds. The number of likely N-dealkylation sites (tertiary alicyclic amines) is 1. The molecular formula is C35H37Cl2FN10OS. The van der Waals surface area contributed by atoms with E-state index < -0.39 is 11.9 Å². The molecule has 2 fully saturated rings. The summed E-state index contributed by atoms with van der Waals surface area (Å²) in [5, 5.41) is 30.1. The summed E-state index contributed by atoms with van der Waals surface area (Å²) in [6.07, 6.45) is 5.45. The Morgan fingerprint density at radius 2 is 1.80 bits per heavy atom. The lowest BCUT2D eigenvalue weighted by Crippen LogP contribution is -2.46. The number of nitrogens with one attached hydrogen (secondary N) is 2. The highest BCUT2D eigenvalue weighted by atomic mass is 35.5. The number of nitrogens with zero attached hydrogens (tertiary/aromatic N) is 8. The largest absolute Gasteiger partial charge is 0.378 e. The number of hydrogen-bond donors (Lipinski definition) is 2. The molecule has 0 aliphatic carbocycles. The number of morpholine rings is 1. The molecular weight excluding hydrogens is 698 g/mol. The average molecular weight is 736 g/mol. The highest BCUT2D eigenvalue weighted by molar-refractivity contribution is 7.13. The van der Waals surface area contributed by atoms with Crippen molar-refractivity contribution in [3.8, 4) is 6.07 Å². The minimum atomic E-state index is -0.538. The molecule has 11 nitrogen and oxygen atoms in total. The van der Waals surface area contributed by atoms with Gasteiger partial charge in [0.2, 0.25) is 0 Å². The normalized spacial score (nSPS) is 16.8. The standard InChI is InChI=1S/C35H37Cl2FN10OS/c1-35(2,3)47-8-6-24(7-9-47)48-19-29(44-45-48)33(30-20-50-34(43-30)46-10-12-49-13-11-46)42-23-14-25-31(41-22-4-5-28(38)26(36)15-22)21(17-39)18-40-32(25)27(37)16-23/h4-5,14-16,18-20,24,33,42H,6-13H2,1-3H3,(H,40,41). The van der Waals surface area contributed by atoms with E-state index >= 15 is 0 Å². The van der Waals surface area contributed by atoms with Gasteiger partial charge in [0.15, 0.2) is 5.13 Å². The molecule has 0 bridgehead atoms. The van der Waals surface area contributed by atoms with Crippen LogP contribution in [0.15, 0.2) is 48.1 Å². The number of anilines is 4. The molecule has 2 saturated heterocycles. The van der Waals surface area contributed by atoms with Crippen LogP contribution in [-0.2, 0) is 4.74 Å². The minimum Gasteiger partial charge on any atom is -0.378 e. The Balaban J connectivity index is 1.24. The van der Waals surface area contributed by atoms with E-state index in [-0.39, 0.29) is 22.2 Å². The monoisotopic (exact) mass is 734 g/mol. The lowest BCUT2D eigenvalue weighted by Gasteiger charge is -2.40. The number of rotatable bonds is 8.